The minimum atomic E-state index is -3.67. The molecule has 0 saturated carbocycles. The molecule has 1 amide bonds. The molecule has 25 heavy (non-hydrogen) atoms. The number of nitrogens with two attached hydrogens (primary N) is 1. The number of carbonyl (C=O) groups excluding carboxylic acids is 1. The van der Waals surface area contributed by atoms with Crippen molar-refractivity contribution in [1.29, 1.82) is 0 Å². The maximum absolute atomic E-state index is 12.1. The summed E-state index contributed by atoms with van der Waals surface area (Å²) in [7, 11) is -3.67. The van der Waals surface area contributed by atoms with Gasteiger partial charge in [0.05, 0.1) is 4.90 Å². The van der Waals surface area contributed by atoms with Gasteiger partial charge in [-0.05, 0) is 54.2 Å². The molecular formula is C19H24N2O3S. The largest absolute Gasteiger partial charge is 0.352 e. The van der Waals surface area contributed by atoms with Crippen molar-refractivity contribution >= 4 is 15.9 Å². The number of rotatable bonds is 7. The summed E-state index contributed by atoms with van der Waals surface area (Å²) < 4.78 is 22.4. The average molecular weight is 360 g/mol. The van der Waals surface area contributed by atoms with Crippen molar-refractivity contribution in [3.8, 4) is 0 Å². The van der Waals surface area contributed by atoms with Gasteiger partial charge in [0.1, 0.15) is 0 Å². The summed E-state index contributed by atoms with van der Waals surface area (Å²) in [6, 6.07) is 14.0. The molecule has 0 radical (unpaired) electrons. The SMILES string of the molecule is CC(C)Cc1ccc(C(=O)NCCc2ccc(S(N)(=O)=O)cc2)cc1. The quantitative estimate of drug-likeness (QED) is 0.795. The third-order valence-corrected chi connectivity index (χ3v) is 4.74. The number of hydrogen-bond acceptors (Lipinski definition) is 3. The minimum Gasteiger partial charge on any atom is -0.352 e. The predicted octanol–water partition coefficient (Wildman–Crippen LogP) is 2.51. The zero-order valence-electron chi connectivity index (χ0n) is 14.5. The molecule has 0 aliphatic rings. The number of benzene rings is 2. The zero-order chi connectivity index (χ0) is 18.4. The predicted molar refractivity (Wildman–Crippen MR) is 98.8 cm³/mol. The summed E-state index contributed by atoms with van der Waals surface area (Å²) >= 11 is 0. The van der Waals surface area contributed by atoms with E-state index in [0.29, 0.717) is 24.4 Å². The minimum absolute atomic E-state index is 0.0850. The highest BCUT2D eigenvalue weighted by atomic mass is 32.2. The first kappa shape index (κ1) is 19.1. The number of sulfonamides is 1. The normalized spacial score (nSPS) is 11.5. The van der Waals surface area contributed by atoms with Crippen molar-refractivity contribution in [2.75, 3.05) is 6.54 Å². The lowest BCUT2D eigenvalue weighted by Crippen LogP contribution is -2.25. The highest BCUT2D eigenvalue weighted by Gasteiger charge is 2.08. The number of hydrogen-bond donors (Lipinski definition) is 2. The Morgan fingerprint density at radius 3 is 2.08 bits per heavy atom. The lowest BCUT2D eigenvalue weighted by Gasteiger charge is -2.08. The van der Waals surface area contributed by atoms with Crippen LogP contribution in [0.5, 0.6) is 0 Å². The van der Waals surface area contributed by atoms with Crippen molar-refractivity contribution in [1.82, 2.24) is 5.32 Å². The Kier molecular flexibility index (Phi) is 6.33. The average Bonchev–Trinajstić information content (AvgIpc) is 2.54. The van der Waals surface area contributed by atoms with Crippen molar-refractivity contribution in [2.24, 2.45) is 11.1 Å². The lowest BCUT2D eigenvalue weighted by atomic mass is 10.0. The molecule has 0 aliphatic heterocycles. The molecule has 0 bridgehead atoms. The molecular weight excluding hydrogens is 336 g/mol. The Labute approximate surface area is 149 Å². The van der Waals surface area contributed by atoms with Gasteiger partial charge in [-0.15, -0.1) is 0 Å². The van der Waals surface area contributed by atoms with Gasteiger partial charge >= 0.3 is 0 Å². The molecule has 0 heterocycles. The Morgan fingerprint density at radius 1 is 1.00 bits per heavy atom. The highest BCUT2D eigenvalue weighted by molar-refractivity contribution is 7.89. The van der Waals surface area contributed by atoms with E-state index in [4.69, 9.17) is 5.14 Å². The van der Waals surface area contributed by atoms with E-state index in [0.717, 1.165) is 12.0 Å². The van der Waals surface area contributed by atoms with Crippen molar-refractivity contribution < 1.29 is 13.2 Å². The van der Waals surface area contributed by atoms with Gasteiger partial charge in [0.15, 0.2) is 0 Å². The molecule has 0 aliphatic carbocycles. The molecule has 0 fully saturated rings. The van der Waals surface area contributed by atoms with Gasteiger partial charge in [-0.25, -0.2) is 13.6 Å². The van der Waals surface area contributed by atoms with E-state index in [1.165, 1.54) is 17.7 Å². The van der Waals surface area contributed by atoms with Crippen LogP contribution in [-0.4, -0.2) is 20.9 Å². The monoisotopic (exact) mass is 360 g/mol. The molecule has 0 unspecified atom stereocenters. The standard InChI is InChI=1S/C19H24N2O3S/c1-14(2)13-16-3-7-17(8-4-16)19(22)21-12-11-15-5-9-18(10-6-15)25(20,23)24/h3-10,14H,11-13H2,1-2H3,(H,21,22)(H2,20,23,24). The smallest absolute Gasteiger partial charge is 0.251 e. The van der Waals surface area contributed by atoms with E-state index in [-0.39, 0.29) is 10.8 Å². The first-order chi connectivity index (χ1) is 11.8. The summed E-state index contributed by atoms with van der Waals surface area (Å²) in [5, 5.41) is 7.93. The molecule has 2 aromatic rings. The van der Waals surface area contributed by atoms with Crippen LogP contribution in [0.4, 0.5) is 0 Å². The van der Waals surface area contributed by atoms with Crippen LogP contribution in [0.15, 0.2) is 53.4 Å². The van der Waals surface area contributed by atoms with Gasteiger partial charge in [0, 0.05) is 12.1 Å². The Morgan fingerprint density at radius 2 is 1.56 bits per heavy atom. The maximum atomic E-state index is 12.1. The first-order valence-corrected chi connectivity index (χ1v) is 9.79. The molecule has 134 valence electrons. The number of carbonyl (C=O) groups is 1. The van der Waals surface area contributed by atoms with E-state index in [1.54, 1.807) is 12.1 Å². The number of nitrogens with one attached hydrogen (secondary N) is 1. The van der Waals surface area contributed by atoms with Crippen LogP contribution in [-0.2, 0) is 22.9 Å². The molecule has 5 nitrogen and oxygen atoms in total. The second kappa shape index (κ2) is 8.27. The van der Waals surface area contributed by atoms with E-state index in [9.17, 15) is 13.2 Å². The summed E-state index contributed by atoms with van der Waals surface area (Å²) in [5.74, 6) is 0.470. The van der Waals surface area contributed by atoms with Gasteiger partial charge < -0.3 is 5.32 Å². The fourth-order valence-electron chi connectivity index (χ4n) is 2.53. The topological polar surface area (TPSA) is 89.3 Å². The van der Waals surface area contributed by atoms with Gasteiger partial charge in [-0.2, -0.15) is 0 Å². The first-order valence-electron chi connectivity index (χ1n) is 8.24. The number of amides is 1. The van der Waals surface area contributed by atoms with E-state index >= 15 is 0 Å². The van der Waals surface area contributed by atoms with Crippen LogP contribution in [0.2, 0.25) is 0 Å². The van der Waals surface area contributed by atoms with Gasteiger partial charge in [-0.3, -0.25) is 4.79 Å². The molecule has 3 N–H and O–H groups in total. The molecule has 0 aromatic heterocycles. The van der Waals surface area contributed by atoms with Crippen LogP contribution in [0.3, 0.4) is 0 Å². The van der Waals surface area contributed by atoms with Crippen LogP contribution >= 0.6 is 0 Å². The van der Waals surface area contributed by atoms with E-state index in [2.05, 4.69) is 19.2 Å². The zero-order valence-corrected chi connectivity index (χ0v) is 15.3. The maximum Gasteiger partial charge on any atom is 0.251 e. The van der Waals surface area contributed by atoms with E-state index < -0.39 is 10.0 Å². The highest BCUT2D eigenvalue weighted by Crippen LogP contribution is 2.11. The third kappa shape index (κ3) is 5.99. The van der Waals surface area contributed by atoms with Crippen molar-refractivity contribution in [3.05, 3.63) is 65.2 Å². The van der Waals surface area contributed by atoms with Crippen molar-refractivity contribution in [3.63, 3.8) is 0 Å². The molecule has 0 saturated heterocycles. The molecule has 2 rings (SSSR count). The fourth-order valence-corrected chi connectivity index (χ4v) is 3.05. The van der Waals surface area contributed by atoms with E-state index in [1.807, 2.05) is 24.3 Å². The van der Waals surface area contributed by atoms with Crippen LogP contribution in [0.1, 0.15) is 35.3 Å². The summed E-state index contributed by atoms with van der Waals surface area (Å²) in [6.07, 6.45) is 1.61. The number of primary sulfonamides is 1. The fraction of sp³-hybridized carbons (Fsp3) is 0.316. The summed E-state index contributed by atoms with van der Waals surface area (Å²) in [5.41, 5.74) is 2.79. The summed E-state index contributed by atoms with van der Waals surface area (Å²) in [4.78, 5) is 12.2. The summed E-state index contributed by atoms with van der Waals surface area (Å²) in [6.45, 7) is 4.80. The second-order valence-corrected chi connectivity index (χ2v) is 8.05. The van der Waals surface area contributed by atoms with Gasteiger partial charge in [0.25, 0.3) is 5.91 Å². The van der Waals surface area contributed by atoms with Gasteiger partial charge in [0.2, 0.25) is 10.0 Å². The lowest BCUT2D eigenvalue weighted by molar-refractivity contribution is 0.0954. The molecule has 0 atom stereocenters. The second-order valence-electron chi connectivity index (χ2n) is 6.49. The molecule has 6 heteroatoms. The van der Waals surface area contributed by atoms with Crippen LogP contribution in [0.25, 0.3) is 0 Å². The van der Waals surface area contributed by atoms with Crippen LogP contribution in [0, 0.1) is 5.92 Å². The third-order valence-electron chi connectivity index (χ3n) is 3.81. The van der Waals surface area contributed by atoms with Crippen LogP contribution < -0.4 is 10.5 Å². The molecule has 0 spiro atoms. The van der Waals surface area contributed by atoms with Crippen molar-refractivity contribution in [2.45, 2.75) is 31.6 Å². The Balaban J connectivity index is 1.86. The van der Waals surface area contributed by atoms with Gasteiger partial charge in [-0.1, -0.05) is 38.1 Å². The Bertz CT molecular complexity index is 811. The molecule has 2 aromatic carbocycles. The Hall–Kier alpha value is -2.18.